The van der Waals surface area contributed by atoms with E-state index in [0.29, 0.717) is 0 Å². The van der Waals surface area contributed by atoms with Gasteiger partial charge in [-0.1, -0.05) is 11.2 Å². The Hall–Kier alpha value is -2.78. The number of carbonyl (C=O) groups is 2. The van der Waals surface area contributed by atoms with Crippen LogP contribution in [0.3, 0.4) is 0 Å². The molecule has 0 fully saturated rings. The molecule has 0 unspecified atom stereocenters. The molecule has 0 aliphatic carbocycles. The zero-order chi connectivity index (χ0) is 17.2. The molecule has 1 aromatic carbocycles. The number of alkyl halides is 3. The summed E-state index contributed by atoms with van der Waals surface area (Å²) < 4.78 is 55.0. The van der Waals surface area contributed by atoms with Crippen LogP contribution in [0.25, 0.3) is 11.4 Å². The highest BCUT2D eigenvalue weighted by atomic mass is 19.4. The fraction of sp³-hybridized carbons (Fsp3) is 0.231. The van der Waals surface area contributed by atoms with E-state index in [1.807, 2.05) is 0 Å². The van der Waals surface area contributed by atoms with Crippen molar-refractivity contribution in [3.63, 3.8) is 0 Å². The van der Waals surface area contributed by atoms with Gasteiger partial charge in [-0.15, -0.1) is 0 Å². The highest BCUT2D eigenvalue weighted by Crippen LogP contribution is 2.29. The Balaban J connectivity index is 2.24. The second-order valence-electron chi connectivity index (χ2n) is 4.50. The van der Waals surface area contributed by atoms with E-state index in [1.165, 1.54) is 6.92 Å². The minimum Gasteiger partial charge on any atom is -0.345 e. The summed E-state index contributed by atoms with van der Waals surface area (Å²) in [6.07, 6.45) is -4.81. The fourth-order valence-corrected chi connectivity index (χ4v) is 1.59. The van der Waals surface area contributed by atoms with Gasteiger partial charge in [0.05, 0.1) is 12.1 Å². The minimum absolute atomic E-state index is 0.0927. The summed E-state index contributed by atoms with van der Waals surface area (Å²) in [6.45, 7) is 0.980. The molecule has 10 heteroatoms. The molecule has 0 bridgehead atoms. The highest BCUT2D eigenvalue weighted by Gasteiger charge is 2.38. The van der Waals surface area contributed by atoms with Crippen molar-refractivity contribution in [3.8, 4) is 11.4 Å². The van der Waals surface area contributed by atoms with E-state index in [-0.39, 0.29) is 23.5 Å². The second kappa shape index (κ2) is 6.15. The van der Waals surface area contributed by atoms with Gasteiger partial charge in [-0.25, -0.2) is 4.39 Å². The third-order valence-corrected chi connectivity index (χ3v) is 2.64. The van der Waals surface area contributed by atoms with Crippen LogP contribution in [0.5, 0.6) is 0 Å². The van der Waals surface area contributed by atoms with Crippen LogP contribution in [0.4, 0.5) is 17.6 Å². The summed E-state index contributed by atoms with van der Waals surface area (Å²) in [5, 5.41) is 5.31. The van der Waals surface area contributed by atoms with Gasteiger partial charge in [-0.3, -0.25) is 9.59 Å². The molecule has 0 aliphatic heterocycles. The topological polar surface area (TPSA) is 85.1 Å². The molecular weight excluding hydrogens is 322 g/mol. The smallest absolute Gasteiger partial charge is 0.345 e. The molecule has 0 spiro atoms. The first-order chi connectivity index (χ1) is 10.7. The van der Waals surface area contributed by atoms with Crippen LogP contribution in [0.2, 0.25) is 0 Å². The summed E-state index contributed by atoms with van der Waals surface area (Å²) in [5.41, 5.74) is -0.459. The van der Waals surface area contributed by atoms with Crippen LogP contribution < -0.4 is 5.32 Å². The van der Waals surface area contributed by atoms with Gasteiger partial charge in [0.1, 0.15) is 11.6 Å². The number of amides is 1. The molecule has 122 valence electrons. The maximum Gasteiger partial charge on any atom is 0.471 e. The summed E-state index contributed by atoms with van der Waals surface area (Å²) in [6, 6.07) is 3.01. The minimum atomic E-state index is -4.81. The zero-order valence-corrected chi connectivity index (χ0v) is 11.6. The molecule has 0 atom stereocenters. The molecule has 0 radical (unpaired) electrons. The van der Waals surface area contributed by atoms with Crippen molar-refractivity contribution in [3.05, 3.63) is 35.5 Å². The first-order valence-corrected chi connectivity index (χ1v) is 6.17. The van der Waals surface area contributed by atoms with Gasteiger partial charge in [0.15, 0.2) is 0 Å². The van der Waals surface area contributed by atoms with E-state index < -0.39 is 29.6 Å². The normalized spacial score (nSPS) is 11.3. The van der Waals surface area contributed by atoms with Crippen LogP contribution >= 0.6 is 0 Å². The van der Waals surface area contributed by atoms with Crippen molar-refractivity contribution in [2.45, 2.75) is 13.1 Å². The Morgan fingerprint density at radius 1 is 1.30 bits per heavy atom. The number of benzene rings is 1. The Morgan fingerprint density at radius 3 is 2.52 bits per heavy atom. The summed E-state index contributed by atoms with van der Waals surface area (Å²) >= 11 is 0. The number of ketones is 1. The van der Waals surface area contributed by atoms with Crippen LogP contribution in [0.15, 0.2) is 22.7 Å². The molecule has 1 amide bonds. The number of nitrogens with one attached hydrogen (secondary N) is 1. The third-order valence-electron chi connectivity index (χ3n) is 2.64. The van der Waals surface area contributed by atoms with Gasteiger partial charge in [0.2, 0.25) is 5.82 Å². The predicted molar refractivity (Wildman–Crippen MR) is 67.7 cm³/mol. The molecule has 1 N–H and O–H groups in total. The fourth-order valence-electron chi connectivity index (χ4n) is 1.59. The number of hydrogen-bond donors (Lipinski definition) is 1. The second-order valence-corrected chi connectivity index (χ2v) is 4.50. The average molecular weight is 331 g/mol. The standard InChI is InChI=1S/C13H9F4N3O3/c1-6(21)5-18-11(22)8-3-2-7(4-9(8)14)10-19-12(23-20-10)13(15,16)17/h2-4H,5H2,1H3,(H,18,22). The molecule has 6 nitrogen and oxygen atoms in total. The van der Waals surface area contributed by atoms with Crippen molar-refractivity contribution in [1.82, 2.24) is 15.5 Å². The SMILES string of the molecule is CC(=O)CNC(=O)c1ccc(-c2noc(C(F)(F)F)n2)cc1F. The Bertz CT molecular complexity index is 755. The molecule has 2 aromatic rings. The van der Waals surface area contributed by atoms with E-state index in [0.717, 1.165) is 18.2 Å². The van der Waals surface area contributed by atoms with Gasteiger partial charge in [-0.05, 0) is 19.1 Å². The maximum atomic E-state index is 13.9. The van der Waals surface area contributed by atoms with Gasteiger partial charge in [0, 0.05) is 5.56 Å². The van der Waals surface area contributed by atoms with E-state index >= 15 is 0 Å². The lowest BCUT2D eigenvalue weighted by Gasteiger charge is -2.05. The van der Waals surface area contributed by atoms with Gasteiger partial charge in [0.25, 0.3) is 5.91 Å². The molecular formula is C13H9F4N3O3. The molecule has 0 saturated heterocycles. The molecule has 23 heavy (non-hydrogen) atoms. The average Bonchev–Trinajstić information content (AvgIpc) is 2.94. The van der Waals surface area contributed by atoms with Crippen LogP contribution in [-0.2, 0) is 11.0 Å². The third kappa shape index (κ3) is 3.90. The molecule has 0 aliphatic rings. The van der Waals surface area contributed by atoms with E-state index in [4.69, 9.17) is 0 Å². The largest absolute Gasteiger partial charge is 0.471 e. The molecule has 2 rings (SSSR count). The number of halogens is 4. The Morgan fingerprint density at radius 2 is 2.00 bits per heavy atom. The van der Waals surface area contributed by atoms with Crippen molar-refractivity contribution in [2.75, 3.05) is 6.54 Å². The monoisotopic (exact) mass is 331 g/mol. The maximum absolute atomic E-state index is 13.9. The van der Waals surface area contributed by atoms with Gasteiger partial charge >= 0.3 is 12.1 Å². The predicted octanol–water partition coefficient (Wildman–Crippen LogP) is 2.21. The number of hydrogen-bond acceptors (Lipinski definition) is 5. The number of rotatable bonds is 4. The van der Waals surface area contributed by atoms with E-state index in [1.54, 1.807) is 0 Å². The Kier molecular flexibility index (Phi) is 4.43. The first-order valence-electron chi connectivity index (χ1n) is 6.17. The number of nitrogens with zero attached hydrogens (tertiary/aromatic N) is 2. The lowest BCUT2D eigenvalue weighted by molar-refractivity contribution is -0.159. The zero-order valence-electron chi connectivity index (χ0n) is 11.6. The lowest BCUT2D eigenvalue weighted by Crippen LogP contribution is -2.28. The summed E-state index contributed by atoms with van der Waals surface area (Å²) in [5.74, 6) is -4.17. The van der Waals surface area contributed by atoms with E-state index in [2.05, 4.69) is 20.0 Å². The number of Topliss-reactive ketones (excluding diaryl/α,β-unsaturated/α-hetero) is 1. The highest BCUT2D eigenvalue weighted by molar-refractivity contribution is 5.97. The van der Waals surface area contributed by atoms with E-state index in [9.17, 15) is 27.2 Å². The van der Waals surface area contributed by atoms with Crippen LogP contribution in [-0.4, -0.2) is 28.4 Å². The molecule has 1 aromatic heterocycles. The van der Waals surface area contributed by atoms with Crippen molar-refractivity contribution in [2.24, 2.45) is 0 Å². The van der Waals surface area contributed by atoms with Crippen molar-refractivity contribution in [1.29, 1.82) is 0 Å². The quantitative estimate of drug-likeness (QED) is 0.868. The van der Waals surface area contributed by atoms with Crippen LogP contribution in [0, 0.1) is 5.82 Å². The number of carbonyl (C=O) groups excluding carboxylic acids is 2. The van der Waals surface area contributed by atoms with Gasteiger partial charge < -0.3 is 9.84 Å². The first kappa shape index (κ1) is 16.6. The lowest BCUT2D eigenvalue weighted by atomic mass is 10.1. The van der Waals surface area contributed by atoms with Gasteiger partial charge in [-0.2, -0.15) is 18.2 Å². The Labute approximate surface area is 126 Å². The van der Waals surface area contributed by atoms with Crippen LogP contribution in [0.1, 0.15) is 23.2 Å². The van der Waals surface area contributed by atoms with Crippen molar-refractivity contribution < 1.29 is 31.7 Å². The van der Waals surface area contributed by atoms with Crippen molar-refractivity contribution >= 4 is 11.7 Å². The summed E-state index contributed by atoms with van der Waals surface area (Å²) in [7, 11) is 0. The number of aromatic nitrogens is 2. The summed E-state index contributed by atoms with van der Waals surface area (Å²) in [4.78, 5) is 25.5. The molecule has 0 saturated carbocycles. The molecule has 1 heterocycles.